The summed E-state index contributed by atoms with van der Waals surface area (Å²) in [5.74, 6) is -0.663. The molecule has 0 spiro atoms. The Morgan fingerprint density at radius 3 is 2.64 bits per heavy atom. The van der Waals surface area contributed by atoms with Crippen LogP contribution >= 0.6 is 11.6 Å². The largest absolute Gasteiger partial charge is 0.332 e. The summed E-state index contributed by atoms with van der Waals surface area (Å²) in [4.78, 5) is 26.2. The molecule has 0 fully saturated rings. The molecule has 1 aliphatic rings. The van der Waals surface area contributed by atoms with Crippen LogP contribution in [0.4, 0.5) is 11.4 Å². The molecule has 1 heterocycles. The first-order chi connectivity index (χ1) is 13.1. The lowest BCUT2D eigenvalue weighted by molar-refractivity contribution is -0.116. The first-order valence-corrected chi connectivity index (χ1v) is 10.8. The minimum absolute atomic E-state index is 0.127. The summed E-state index contributed by atoms with van der Waals surface area (Å²) in [6.45, 7) is 0.238. The number of nitrogens with zero attached hydrogens (tertiary/aromatic N) is 2. The molecule has 1 N–H and O–H groups in total. The number of fused-ring (bicyclic) bond motifs is 1. The van der Waals surface area contributed by atoms with Gasteiger partial charge in [0.2, 0.25) is 15.9 Å². The van der Waals surface area contributed by atoms with Crippen molar-refractivity contribution in [2.45, 2.75) is 6.42 Å². The fourth-order valence-corrected chi connectivity index (χ4v) is 4.27. The summed E-state index contributed by atoms with van der Waals surface area (Å²) in [6, 6.07) is 11.7. The molecule has 2 amide bonds. The van der Waals surface area contributed by atoms with Crippen molar-refractivity contribution in [1.82, 2.24) is 4.90 Å². The maximum atomic E-state index is 12.7. The third-order valence-corrected chi connectivity index (χ3v) is 5.83. The van der Waals surface area contributed by atoms with Gasteiger partial charge in [-0.2, -0.15) is 0 Å². The Balaban J connectivity index is 1.68. The van der Waals surface area contributed by atoms with E-state index in [4.69, 9.17) is 11.6 Å². The second-order valence-corrected chi connectivity index (χ2v) is 8.99. The summed E-state index contributed by atoms with van der Waals surface area (Å²) < 4.78 is 25.0. The highest BCUT2D eigenvalue weighted by Gasteiger charge is 2.27. The van der Waals surface area contributed by atoms with Crippen molar-refractivity contribution in [3.63, 3.8) is 0 Å². The number of anilines is 2. The van der Waals surface area contributed by atoms with Crippen molar-refractivity contribution in [2.24, 2.45) is 0 Å². The molecule has 0 aromatic heterocycles. The van der Waals surface area contributed by atoms with Gasteiger partial charge in [0.25, 0.3) is 5.91 Å². The number of hydrogen-bond acceptors (Lipinski definition) is 4. The Morgan fingerprint density at radius 1 is 1.21 bits per heavy atom. The molecule has 0 unspecified atom stereocenters. The zero-order valence-corrected chi connectivity index (χ0v) is 17.0. The molecule has 2 aromatic carbocycles. The third-order valence-electron chi connectivity index (χ3n) is 4.42. The fourth-order valence-electron chi connectivity index (χ4n) is 3.12. The van der Waals surface area contributed by atoms with Crippen LogP contribution in [-0.2, 0) is 21.2 Å². The summed E-state index contributed by atoms with van der Waals surface area (Å²) in [7, 11) is -1.80. The van der Waals surface area contributed by atoms with Crippen molar-refractivity contribution in [2.75, 3.05) is 36.0 Å². The number of rotatable bonds is 5. The Kier molecular flexibility index (Phi) is 5.62. The van der Waals surface area contributed by atoms with Crippen molar-refractivity contribution in [1.29, 1.82) is 0 Å². The van der Waals surface area contributed by atoms with Crippen LogP contribution in [-0.4, -0.2) is 51.5 Å². The van der Waals surface area contributed by atoms with Crippen LogP contribution in [0.2, 0.25) is 5.02 Å². The Morgan fingerprint density at radius 2 is 1.96 bits per heavy atom. The molecule has 3 rings (SSSR count). The zero-order valence-electron chi connectivity index (χ0n) is 15.5. The Bertz CT molecular complexity index is 1040. The topological polar surface area (TPSA) is 86.8 Å². The third kappa shape index (κ3) is 4.45. The van der Waals surface area contributed by atoms with E-state index in [0.717, 1.165) is 11.8 Å². The van der Waals surface area contributed by atoms with Crippen molar-refractivity contribution < 1.29 is 18.0 Å². The number of carbonyl (C=O) groups excluding carboxylic acids is 2. The van der Waals surface area contributed by atoms with Crippen LogP contribution < -0.4 is 9.62 Å². The van der Waals surface area contributed by atoms with Crippen LogP contribution in [0.3, 0.4) is 0 Å². The number of nitrogens with one attached hydrogen (secondary N) is 1. The summed E-state index contributed by atoms with van der Waals surface area (Å²) >= 11 is 5.89. The van der Waals surface area contributed by atoms with E-state index >= 15 is 0 Å². The predicted molar refractivity (Wildman–Crippen MR) is 109 cm³/mol. The van der Waals surface area contributed by atoms with E-state index in [1.165, 1.54) is 16.3 Å². The quantitative estimate of drug-likeness (QED) is 0.802. The molecule has 9 heteroatoms. The van der Waals surface area contributed by atoms with Crippen LogP contribution in [0.5, 0.6) is 0 Å². The molecule has 148 valence electrons. The Hall–Kier alpha value is -2.58. The van der Waals surface area contributed by atoms with Crippen LogP contribution in [0.25, 0.3) is 0 Å². The van der Waals surface area contributed by atoms with E-state index in [2.05, 4.69) is 5.32 Å². The maximum Gasteiger partial charge on any atom is 0.254 e. The highest BCUT2D eigenvalue weighted by molar-refractivity contribution is 7.92. The minimum Gasteiger partial charge on any atom is -0.332 e. The van der Waals surface area contributed by atoms with Crippen LogP contribution in [0, 0.1) is 0 Å². The monoisotopic (exact) mass is 421 g/mol. The average Bonchev–Trinajstić information content (AvgIpc) is 3.04. The average molecular weight is 422 g/mol. The number of halogens is 1. The van der Waals surface area contributed by atoms with E-state index in [-0.39, 0.29) is 18.4 Å². The van der Waals surface area contributed by atoms with Gasteiger partial charge in [-0.1, -0.05) is 17.7 Å². The van der Waals surface area contributed by atoms with E-state index in [0.29, 0.717) is 34.9 Å². The van der Waals surface area contributed by atoms with Gasteiger partial charge in [0.15, 0.2) is 0 Å². The van der Waals surface area contributed by atoms with Gasteiger partial charge in [0, 0.05) is 29.9 Å². The lowest BCUT2D eigenvalue weighted by atomic mass is 10.1. The van der Waals surface area contributed by atoms with Gasteiger partial charge in [0.05, 0.1) is 18.5 Å². The fraction of sp³-hybridized carbons (Fsp3) is 0.263. The van der Waals surface area contributed by atoms with Gasteiger partial charge in [-0.3, -0.25) is 13.9 Å². The van der Waals surface area contributed by atoms with E-state index in [1.54, 1.807) is 42.5 Å². The first-order valence-electron chi connectivity index (χ1n) is 8.56. The van der Waals surface area contributed by atoms with Crippen LogP contribution in [0.15, 0.2) is 42.5 Å². The zero-order chi connectivity index (χ0) is 20.5. The molecule has 1 aliphatic heterocycles. The number of carbonyl (C=O) groups is 2. The van der Waals surface area contributed by atoms with Crippen molar-refractivity contribution in [3.05, 3.63) is 58.6 Å². The molecular weight excluding hydrogens is 402 g/mol. The van der Waals surface area contributed by atoms with Gasteiger partial charge in [-0.05, 0) is 48.4 Å². The maximum absolute atomic E-state index is 12.7. The predicted octanol–water partition coefficient (Wildman–Crippen LogP) is 2.37. The van der Waals surface area contributed by atoms with Gasteiger partial charge in [-0.15, -0.1) is 0 Å². The smallest absolute Gasteiger partial charge is 0.254 e. The normalized spacial score (nSPS) is 13.2. The highest BCUT2D eigenvalue weighted by Crippen LogP contribution is 2.31. The van der Waals surface area contributed by atoms with E-state index in [9.17, 15) is 18.0 Å². The number of likely N-dealkylation sites (N-methyl/N-ethyl adjacent to an activating group) is 1. The Labute approximate surface area is 168 Å². The van der Waals surface area contributed by atoms with E-state index in [1.807, 2.05) is 0 Å². The van der Waals surface area contributed by atoms with Gasteiger partial charge < -0.3 is 10.2 Å². The molecule has 2 aromatic rings. The summed E-state index contributed by atoms with van der Waals surface area (Å²) in [6.07, 6.45) is 1.70. The van der Waals surface area contributed by atoms with Gasteiger partial charge in [-0.25, -0.2) is 8.42 Å². The molecule has 0 aliphatic carbocycles. The van der Waals surface area contributed by atoms with Gasteiger partial charge >= 0.3 is 0 Å². The number of hydrogen-bond donors (Lipinski definition) is 1. The molecule has 0 bridgehead atoms. The molecule has 0 atom stereocenters. The summed E-state index contributed by atoms with van der Waals surface area (Å²) in [5, 5.41) is 3.20. The molecular formula is C19H20ClN3O4S. The van der Waals surface area contributed by atoms with Crippen LogP contribution in [0.1, 0.15) is 15.9 Å². The molecule has 0 radical (unpaired) electrons. The first kappa shape index (κ1) is 20.2. The number of benzene rings is 2. The SMILES string of the molecule is CN(CC(=O)Nc1cccc(Cl)c1)C(=O)c1ccc2c(c1)CCN2S(C)(=O)=O. The van der Waals surface area contributed by atoms with Gasteiger partial charge in [0.1, 0.15) is 0 Å². The highest BCUT2D eigenvalue weighted by atomic mass is 35.5. The summed E-state index contributed by atoms with van der Waals surface area (Å²) in [5.41, 5.74) is 2.36. The second kappa shape index (κ2) is 7.81. The van der Waals surface area contributed by atoms with Crippen molar-refractivity contribution in [3.8, 4) is 0 Å². The lowest BCUT2D eigenvalue weighted by Gasteiger charge is -2.19. The molecule has 28 heavy (non-hydrogen) atoms. The standard InChI is InChI=1S/C19H20ClN3O4S/c1-22(12-18(24)21-16-5-3-4-15(20)11-16)19(25)14-6-7-17-13(10-14)8-9-23(17)28(2,26)27/h3-7,10-11H,8-9,12H2,1-2H3,(H,21,24). The molecule has 0 saturated carbocycles. The number of sulfonamides is 1. The number of amides is 2. The molecule has 0 saturated heterocycles. The molecule has 7 nitrogen and oxygen atoms in total. The second-order valence-electron chi connectivity index (χ2n) is 6.65. The lowest BCUT2D eigenvalue weighted by Crippen LogP contribution is -2.35. The minimum atomic E-state index is -3.34. The van der Waals surface area contributed by atoms with Crippen molar-refractivity contribution >= 4 is 44.8 Å². The van der Waals surface area contributed by atoms with E-state index < -0.39 is 10.0 Å².